The summed E-state index contributed by atoms with van der Waals surface area (Å²) in [5.74, 6) is -1.10. The summed E-state index contributed by atoms with van der Waals surface area (Å²) in [6.07, 6.45) is 4.51. The first kappa shape index (κ1) is 33.7. The van der Waals surface area contributed by atoms with Crippen LogP contribution in [0.4, 0.5) is 5.69 Å². The predicted octanol–water partition coefficient (Wildman–Crippen LogP) is 2.31. The molecule has 2 aliphatic rings. The molecule has 1 fully saturated rings. The first-order valence-corrected chi connectivity index (χ1v) is 13.5. The molecule has 2 aromatic rings. The summed E-state index contributed by atoms with van der Waals surface area (Å²) in [5.41, 5.74) is 18.6. The van der Waals surface area contributed by atoms with Crippen LogP contribution in [0, 0.1) is 5.92 Å². The zero-order valence-electron chi connectivity index (χ0n) is 22.6. The Hall–Kier alpha value is -2.53. The van der Waals surface area contributed by atoms with Crippen molar-refractivity contribution >= 4 is 48.1 Å². The maximum Gasteiger partial charge on any atom is 0.251 e. The summed E-state index contributed by atoms with van der Waals surface area (Å²) in [6.45, 7) is 0.223. The molecule has 2 amide bonds. The number of rotatable bonds is 12. The summed E-state index contributed by atoms with van der Waals surface area (Å²) in [5, 5.41) is 14.3. The molecule has 1 aliphatic heterocycles. The highest BCUT2D eigenvalue weighted by Crippen LogP contribution is 2.28. The number of benzene rings is 2. The number of Topliss-reactive ketones (excluding diaryl/α,β-unsaturated/α-hetero) is 1. The van der Waals surface area contributed by atoms with Gasteiger partial charge in [0.25, 0.3) is 5.91 Å². The van der Waals surface area contributed by atoms with Crippen LogP contribution in [-0.2, 0) is 33.6 Å². The fourth-order valence-corrected chi connectivity index (χ4v) is 5.35. The highest BCUT2D eigenvalue weighted by molar-refractivity contribution is 5.96. The lowest BCUT2D eigenvalue weighted by Crippen LogP contribution is -2.54. The summed E-state index contributed by atoms with van der Waals surface area (Å²) >= 11 is 0. The number of amides is 2. The molecule has 7 N–H and O–H groups in total. The van der Waals surface area contributed by atoms with Crippen molar-refractivity contribution in [2.75, 3.05) is 18.4 Å². The number of nitrogens with one attached hydrogen (secondary N) is 2. The van der Waals surface area contributed by atoms with Crippen LogP contribution in [0.5, 0.6) is 0 Å². The van der Waals surface area contributed by atoms with E-state index in [-0.39, 0.29) is 61.9 Å². The summed E-state index contributed by atoms with van der Waals surface area (Å²) in [7, 11) is 0. The van der Waals surface area contributed by atoms with Crippen molar-refractivity contribution in [1.82, 2.24) is 10.4 Å². The number of fused-ring (bicyclic) bond motifs is 1. The van der Waals surface area contributed by atoms with E-state index in [9.17, 15) is 19.5 Å². The summed E-state index contributed by atoms with van der Waals surface area (Å²) < 4.78 is 0. The predicted molar refractivity (Wildman–Crippen MR) is 160 cm³/mol. The molecule has 0 aromatic heterocycles. The van der Waals surface area contributed by atoms with E-state index < -0.39 is 24.1 Å². The number of carbonyl (C=O) groups excluding carboxylic acids is 3. The third kappa shape index (κ3) is 8.99. The smallest absolute Gasteiger partial charge is 0.251 e. The van der Waals surface area contributed by atoms with E-state index in [1.165, 1.54) is 21.7 Å². The molecule has 11 heteroatoms. The van der Waals surface area contributed by atoms with Gasteiger partial charge in [0.15, 0.2) is 0 Å². The Balaban J connectivity index is 0.00000280. The average Bonchev–Trinajstić information content (AvgIpc) is 3.56. The maximum absolute atomic E-state index is 13.4. The molecule has 220 valence electrons. The Labute approximate surface area is 248 Å². The number of aliphatic hydroxyl groups excluding tert-OH is 1. The molecule has 4 atom stereocenters. The van der Waals surface area contributed by atoms with E-state index in [1.807, 2.05) is 48.5 Å². The monoisotopic (exact) mass is 593 g/mol. The average molecular weight is 595 g/mol. The lowest BCUT2D eigenvalue weighted by Gasteiger charge is -2.26. The van der Waals surface area contributed by atoms with Gasteiger partial charge in [-0.1, -0.05) is 36.4 Å². The Kier molecular flexibility index (Phi) is 13.5. The van der Waals surface area contributed by atoms with Crippen LogP contribution >= 0.6 is 24.8 Å². The molecule has 2 aromatic carbocycles. The molecule has 1 saturated heterocycles. The molecular weight excluding hydrogens is 553 g/mol. The Morgan fingerprint density at radius 3 is 2.50 bits per heavy atom. The lowest BCUT2D eigenvalue weighted by atomic mass is 9.95. The van der Waals surface area contributed by atoms with Gasteiger partial charge in [0.05, 0.1) is 12.1 Å². The topological polar surface area (TPSA) is 151 Å². The Bertz CT molecular complexity index is 1140. The minimum absolute atomic E-state index is 0. The maximum atomic E-state index is 13.4. The van der Waals surface area contributed by atoms with E-state index in [0.717, 1.165) is 32.1 Å². The third-order valence-corrected chi connectivity index (χ3v) is 7.55. The second kappa shape index (κ2) is 16.0. The Morgan fingerprint density at radius 1 is 1.05 bits per heavy atom. The Morgan fingerprint density at radius 2 is 1.77 bits per heavy atom. The van der Waals surface area contributed by atoms with Gasteiger partial charge in [0.2, 0.25) is 5.91 Å². The van der Waals surface area contributed by atoms with Gasteiger partial charge in [-0.05, 0) is 73.8 Å². The fourth-order valence-electron chi connectivity index (χ4n) is 5.35. The van der Waals surface area contributed by atoms with E-state index in [4.69, 9.17) is 11.5 Å². The highest BCUT2D eigenvalue weighted by Gasteiger charge is 2.41. The number of nitrogens with two attached hydrogens (primary N) is 2. The quantitative estimate of drug-likeness (QED) is 0.253. The number of hydrogen-bond donors (Lipinski definition) is 5. The van der Waals surface area contributed by atoms with Gasteiger partial charge in [-0.3, -0.25) is 19.8 Å². The van der Waals surface area contributed by atoms with Crippen LogP contribution in [0.25, 0.3) is 0 Å². The number of halogens is 2. The van der Waals surface area contributed by atoms with Crippen LogP contribution in [0.15, 0.2) is 48.5 Å². The molecule has 1 unspecified atom stereocenters. The molecule has 0 radical (unpaired) electrons. The summed E-state index contributed by atoms with van der Waals surface area (Å²) in [4.78, 5) is 39.2. The molecule has 4 rings (SSSR count). The van der Waals surface area contributed by atoms with Gasteiger partial charge in [-0.25, -0.2) is 5.01 Å². The van der Waals surface area contributed by atoms with Crippen molar-refractivity contribution in [3.63, 3.8) is 0 Å². The fraction of sp³-hybridized carbons (Fsp3) is 0.483. The van der Waals surface area contributed by atoms with Gasteiger partial charge in [0, 0.05) is 31.1 Å². The van der Waals surface area contributed by atoms with E-state index in [0.29, 0.717) is 18.5 Å². The van der Waals surface area contributed by atoms with E-state index in [2.05, 4.69) is 10.7 Å². The van der Waals surface area contributed by atoms with Gasteiger partial charge in [-0.2, -0.15) is 0 Å². The standard InChI is InChI=1S/C29H39N5O4.2ClH/c30-17-24(35)16-25(31)28(37)33-34-18-22(27(36)11-4-8-19-6-2-1-3-7-19)15-26(34)29(38)32-23-13-12-20-9-5-10-21(20)14-23;;/h1-3,6-7,12-14,22,24-26,35H,4-5,8-11,15-18,30-31H2,(H,32,38)(H,33,37);2*1H/t22-,24?,25+,26+;;/m1../s1. The van der Waals surface area contributed by atoms with E-state index >= 15 is 0 Å². The number of carbonyl (C=O) groups is 3. The van der Waals surface area contributed by atoms with Crippen molar-refractivity contribution in [2.45, 2.75) is 69.6 Å². The minimum atomic E-state index is -0.991. The van der Waals surface area contributed by atoms with Gasteiger partial charge in [-0.15, -0.1) is 24.8 Å². The molecule has 0 spiro atoms. The van der Waals surface area contributed by atoms with Crippen LogP contribution in [0.1, 0.15) is 48.8 Å². The number of hydrazine groups is 1. The van der Waals surface area contributed by atoms with Crippen molar-refractivity contribution in [2.24, 2.45) is 17.4 Å². The van der Waals surface area contributed by atoms with Crippen LogP contribution in [0.3, 0.4) is 0 Å². The van der Waals surface area contributed by atoms with Gasteiger partial charge >= 0.3 is 0 Å². The first-order valence-electron chi connectivity index (χ1n) is 13.5. The van der Waals surface area contributed by atoms with Gasteiger partial charge < -0.3 is 21.9 Å². The highest BCUT2D eigenvalue weighted by atomic mass is 35.5. The normalized spacial score (nSPS) is 19.5. The minimum Gasteiger partial charge on any atom is -0.392 e. The molecule has 0 saturated carbocycles. The number of ketones is 1. The second-order valence-corrected chi connectivity index (χ2v) is 10.4. The van der Waals surface area contributed by atoms with Crippen LogP contribution in [-0.4, -0.2) is 59.0 Å². The molecule has 40 heavy (non-hydrogen) atoms. The number of nitrogens with zero attached hydrogens (tertiary/aromatic N) is 1. The van der Waals surface area contributed by atoms with Crippen LogP contribution in [0.2, 0.25) is 0 Å². The molecule has 9 nitrogen and oxygen atoms in total. The largest absolute Gasteiger partial charge is 0.392 e. The molecule has 1 heterocycles. The number of anilines is 1. The van der Waals surface area contributed by atoms with Crippen LogP contribution < -0.4 is 22.2 Å². The summed E-state index contributed by atoms with van der Waals surface area (Å²) in [6, 6.07) is 14.3. The van der Waals surface area contributed by atoms with Crippen molar-refractivity contribution in [3.8, 4) is 0 Å². The number of aliphatic hydroxyl groups is 1. The third-order valence-electron chi connectivity index (χ3n) is 7.55. The zero-order valence-corrected chi connectivity index (χ0v) is 24.2. The van der Waals surface area contributed by atoms with E-state index in [1.54, 1.807) is 0 Å². The second-order valence-electron chi connectivity index (χ2n) is 10.4. The lowest BCUT2D eigenvalue weighted by molar-refractivity contribution is -0.131. The number of aryl methyl sites for hydroxylation is 3. The molecule has 1 aliphatic carbocycles. The molecular formula is C29H41Cl2N5O4. The van der Waals surface area contributed by atoms with Crippen molar-refractivity contribution in [1.29, 1.82) is 0 Å². The zero-order chi connectivity index (χ0) is 27.1. The first-order chi connectivity index (χ1) is 18.3. The van der Waals surface area contributed by atoms with Crippen molar-refractivity contribution < 1.29 is 19.5 Å². The van der Waals surface area contributed by atoms with Gasteiger partial charge in [0.1, 0.15) is 11.8 Å². The number of hydrogen-bond acceptors (Lipinski definition) is 7. The molecule has 0 bridgehead atoms. The van der Waals surface area contributed by atoms with Crippen molar-refractivity contribution in [3.05, 3.63) is 65.2 Å². The SMILES string of the molecule is Cl.Cl.NCC(O)C[C@H](N)C(=O)NN1C[C@H](C(=O)CCCc2ccccc2)C[C@H]1C(=O)Nc1ccc2c(c1)CCC2.